The topological polar surface area (TPSA) is 54.0 Å². The smallest absolute Gasteiger partial charge is 0.388 e. The second-order valence-electron chi connectivity index (χ2n) is 8.90. The molecule has 2 rings (SSSR count). The Morgan fingerprint density at radius 3 is 2.22 bits per heavy atom. The molecule has 0 spiro atoms. The van der Waals surface area contributed by atoms with Crippen LogP contribution in [0, 0.1) is 6.92 Å². The number of rotatable bonds is 15. The summed E-state index contributed by atoms with van der Waals surface area (Å²) in [6.45, 7) is 9.04. The van der Waals surface area contributed by atoms with Crippen molar-refractivity contribution in [1.82, 2.24) is 0 Å². The molecule has 1 aliphatic rings. The van der Waals surface area contributed by atoms with Gasteiger partial charge in [-0.1, -0.05) is 70.8 Å². The van der Waals surface area contributed by atoms with Gasteiger partial charge in [-0.15, -0.1) is 0 Å². The van der Waals surface area contributed by atoms with Crippen LogP contribution in [0.3, 0.4) is 0 Å². The fraction of sp³-hybridized carbons (Fsp3) is 0.704. The maximum Gasteiger partial charge on any atom is 0.388 e. The molecule has 0 aliphatic carbocycles. The molecule has 0 bridgehead atoms. The Morgan fingerprint density at radius 1 is 1.03 bits per heavy atom. The van der Waals surface area contributed by atoms with Crippen LogP contribution in [-0.2, 0) is 31.2 Å². The zero-order chi connectivity index (χ0) is 23.2. The van der Waals surface area contributed by atoms with Gasteiger partial charge in [0.15, 0.2) is 5.79 Å². The van der Waals surface area contributed by atoms with E-state index in [1.54, 1.807) is 0 Å². The van der Waals surface area contributed by atoms with Crippen LogP contribution in [0.15, 0.2) is 18.2 Å². The first-order valence-corrected chi connectivity index (χ1v) is 12.5. The predicted octanol–water partition coefficient (Wildman–Crippen LogP) is 6.51. The lowest BCUT2D eigenvalue weighted by molar-refractivity contribution is -0.265. The summed E-state index contributed by atoms with van der Waals surface area (Å²) in [6, 6.07) is 5.93. The van der Waals surface area contributed by atoms with Gasteiger partial charge in [-0.2, -0.15) is 0 Å². The predicted molar refractivity (Wildman–Crippen MR) is 128 cm³/mol. The molecule has 0 saturated carbocycles. The van der Waals surface area contributed by atoms with Gasteiger partial charge in [-0.3, -0.25) is 0 Å². The van der Waals surface area contributed by atoms with Crippen molar-refractivity contribution < 1.29 is 23.7 Å². The highest BCUT2D eigenvalue weighted by atomic mass is 16.7. The van der Waals surface area contributed by atoms with Crippen LogP contribution in [-0.4, -0.2) is 32.4 Å². The minimum Gasteiger partial charge on any atom is -0.421 e. The summed E-state index contributed by atoms with van der Waals surface area (Å²) in [6.07, 6.45) is 14.2. The number of carbonyl (C=O) groups is 1. The van der Waals surface area contributed by atoms with E-state index >= 15 is 0 Å². The van der Waals surface area contributed by atoms with Gasteiger partial charge < -0.3 is 18.9 Å². The van der Waals surface area contributed by atoms with Gasteiger partial charge in [0.2, 0.25) is 0 Å². The van der Waals surface area contributed by atoms with E-state index in [-0.39, 0.29) is 0 Å². The summed E-state index contributed by atoms with van der Waals surface area (Å²) in [5.41, 5.74) is 1.95. The third-order valence-electron chi connectivity index (χ3n) is 6.15. The Labute approximate surface area is 195 Å². The SMILES string of the molecule is [CH2+]C(OC)C(=O)Oc1ccc(CCCCCCCCCCCC)cc1C1(C)OCCCO1. The quantitative estimate of drug-likeness (QED) is 0.133. The van der Waals surface area contributed by atoms with Crippen molar-refractivity contribution in [2.24, 2.45) is 0 Å². The average molecular weight is 448 g/mol. The van der Waals surface area contributed by atoms with Gasteiger partial charge in [0.25, 0.3) is 6.10 Å². The molecule has 1 fully saturated rings. The van der Waals surface area contributed by atoms with Crippen molar-refractivity contribution in [2.75, 3.05) is 20.3 Å². The summed E-state index contributed by atoms with van der Waals surface area (Å²) >= 11 is 0. The van der Waals surface area contributed by atoms with Crippen LogP contribution < -0.4 is 4.74 Å². The second-order valence-corrected chi connectivity index (χ2v) is 8.90. The van der Waals surface area contributed by atoms with Crippen LogP contribution in [0.1, 0.15) is 95.6 Å². The molecule has 0 amide bonds. The Morgan fingerprint density at radius 2 is 1.62 bits per heavy atom. The van der Waals surface area contributed by atoms with Gasteiger partial charge in [0.05, 0.1) is 18.8 Å². The molecule has 1 unspecified atom stereocenters. The van der Waals surface area contributed by atoms with E-state index in [4.69, 9.17) is 18.9 Å². The van der Waals surface area contributed by atoms with Crippen molar-refractivity contribution >= 4 is 5.97 Å². The number of carbonyl (C=O) groups excluding carboxylic acids is 1. The molecule has 0 aromatic heterocycles. The Kier molecular flexibility index (Phi) is 12.1. The first-order valence-electron chi connectivity index (χ1n) is 12.5. The molecule has 0 N–H and O–H groups in total. The van der Waals surface area contributed by atoms with Crippen LogP contribution in [0.5, 0.6) is 5.75 Å². The molecule has 1 aliphatic heterocycles. The van der Waals surface area contributed by atoms with E-state index in [1.165, 1.54) is 70.5 Å². The third-order valence-corrected chi connectivity index (χ3v) is 6.15. The van der Waals surface area contributed by atoms with Crippen LogP contribution in [0.25, 0.3) is 0 Å². The summed E-state index contributed by atoms with van der Waals surface area (Å²) < 4.78 is 22.5. The van der Waals surface area contributed by atoms with Gasteiger partial charge in [-0.05, 0) is 43.9 Å². The summed E-state index contributed by atoms with van der Waals surface area (Å²) in [7, 11) is 1.43. The monoisotopic (exact) mass is 447 g/mol. The van der Waals surface area contributed by atoms with Crippen molar-refractivity contribution in [2.45, 2.75) is 103 Å². The molecule has 180 valence electrons. The molecule has 32 heavy (non-hydrogen) atoms. The zero-order valence-electron chi connectivity index (χ0n) is 20.5. The van der Waals surface area contributed by atoms with Crippen molar-refractivity contribution in [3.63, 3.8) is 0 Å². The maximum absolute atomic E-state index is 12.2. The van der Waals surface area contributed by atoms with Crippen molar-refractivity contribution in [3.8, 4) is 5.75 Å². The number of aryl methyl sites for hydroxylation is 1. The van der Waals surface area contributed by atoms with E-state index in [2.05, 4.69) is 19.9 Å². The molecule has 1 aromatic carbocycles. The van der Waals surface area contributed by atoms with E-state index in [1.807, 2.05) is 19.1 Å². The van der Waals surface area contributed by atoms with Gasteiger partial charge >= 0.3 is 5.97 Å². The van der Waals surface area contributed by atoms with Crippen LogP contribution >= 0.6 is 0 Å². The number of esters is 1. The van der Waals surface area contributed by atoms with Crippen molar-refractivity contribution in [3.05, 3.63) is 36.2 Å². The van der Waals surface area contributed by atoms with Gasteiger partial charge in [0, 0.05) is 7.11 Å². The largest absolute Gasteiger partial charge is 0.421 e. The molecule has 0 radical (unpaired) electrons. The first kappa shape index (κ1) is 26.7. The summed E-state index contributed by atoms with van der Waals surface area (Å²) in [5, 5.41) is 0. The lowest BCUT2D eigenvalue weighted by Crippen LogP contribution is -2.36. The van der Waals surface area contributed by atoms with Gasteiger partial charge in [0.1, 0.15) is 12.7 Å². The lowest BCUT2D eigenvalue weighted by atomic mass is 9.98. The number of unbranched alkanes of at least 4 members (excludes halogenated alkanes) is 9. The highest BCUT2D eigenvalue weighted by molar-refractivity contribution is 5.78. The second kappa shape index (κ2) is 14.6. The molecule has 1 heterocycles. The van der Waals surface area contributed by atoms with E-state index in [0.717, 1.165) is 24.8 Å². The number of methoxy groups -OCH3 is 1. The molecule has 1 aromatic rings. The standard InChI is InChI=1S/C27H43O5/c1-5-6-7-8-9-10-11-12-13-14-16-23-17-18-25(32-26(28)22(2)29-4)24(21-23)27(3)30-19-15-20-31-27/h17-18,21-22H,2,5-16,19-20H2,1,3-4H3/q+1. The highest BCUT2D eigenvalue weighted by Crippen LogP contribution is 2.37. The molecule has 5 heteroatoms. The lowest BCUT2D eigenvalue weighted by Gasteiger charge is -2.35. The first-order chi connectivity index (χ1) is 15.5. The fourth-order valence-electron chi connectivity index (χ4n) is 4.05. The molecule has 1 saturated heterocycles. The maximum atomic E-state index is 12.2. The van der Waals surface area contributed by atoms with E-state index in [9.17, 15) is 4.79 Å². The number of benzene rings is 1. The third kappa shape index (κ3) is 8.76. The number of hydrogen-bond donors (Lipinski definition) is 0. The molecule has 1 atom stereocenters. The normalized spacial score (nSPS) is 16.6. The molecular formula is C27H43O5+. The number of hydrogen-bond acceptors (Lipinski definition) is 5. The minimum absolute atomic E-state index is 0.442. The Bertz CT molecular complexity index is 666. The summed E-state index contributed by atoms with van der Waals surface area (Å²) in [5.74, 6) is -1.02. The summed E-state index contributed by atoms with van der Waals surface area (Å²) in [4.78, 5) is 12.2. The van der Waals surface area contributed by atoms with Gasteiger partial charge in [-0.25, -0.2) is 4.79 Å². The highest BCUT2D eigenvalue weighted by Gasteiger charge is 2.36. The molecule has 5 nitrogen and oxygen atoms in total. The fourth-order valence-corrected chi connectivity index (χ4v) is 4.05. The van der Waals surface area contributed by atoms with E-state index < -0.39 is 17.9 Å². The molecular weight excluding hydrogens is 404 g/mol. The van der Waals surface area contributed by atoms with Crippen LogP contribution in [0.4, 0.5) is 0 Å². The average Bonchev–Trinajstić information content (AvgIpc) is 2.80. The van der Waals surface area contributed by atoms with Crippen LogP contribution in [0.2, 0.25) is 0 Å². The van der Waals surface area contributed by atoms with E-state index in [0.29, 0.717) is 19.0 Å². The Balaban J connectivity index is 1.90. The minimum atomic E-state index is -0.925. The van der Waals surface area contributed by atoms with Crippen molar-refractivity contribution in [1.29, 1.82) is 0 Å². The number of ether oxygens (including phenoxy) is 4. The Hall–Kier alpha value is -1.56. The zero-order valence-corrected chi connectivity index (χ0v) is 20.5.